The van der Waals surface area contributed by atoms with E-state index in [1.165, 1.54) is 12.3 Å². The SMILES string of the molecule is Cc1cncc(NS(=O)(=O)c2ccc(C(=O)O)cc2F)c1. The van der Waals surface area contributed by atoms with E-state index >= 15 is 0 Å². The van der Waals surface area contributed by atoms with Gasteiger partial charge in [-0.05, 0) is 36.8 Å². The maximum absolute atomic E-state index is 13.8. The monoisotopic (exact) mass is 310 g/mol. The predicted octanol–water partition coefficient (Wildman–Crippen LogP) is 2.03. The van der Waals surface area contributed by atoms with Crippen LogP contribution in [0.5, 0.6) is 0 Å². The van der Waals surface area contributed by atoms with E-state index in [9.17, 15) is 17.6 Å². The molecular weight excluding hydrogens is 299 g/mol. The van der Waals surface area contributed by atoms with E-state index in [-0.39, 0.29) is 11.3 Å². The molecule has 1 aromatic heterocycles. The first-order valence-corrected chi connectivity index (χ1v) is 7.25. The van der Waals surface area contributed by atoms with Crippen LogP contribution in [0.4, 0.5) is 10.1 Å². The lowest BCUT2D eigenvalue weighted by Crippen LogP contribution is -2.15. The Hall–Kier alpha value is -2.48. The number of carboxylic acid groups (broad SMARTS) is 1. The van der Waals surface area contributed by atoms with Crippen molar-refractivity contribution in [2.75, 3.05) is 4.72 Å². The molecule has 0 aliphatic heterocycles. The number of rotatable bonds is 4. The average molecular weight is 310 g/mol. The summed E-state index contributed by atoms with van der Waals surface area (Å²) in [6.07, 6.45) is 2.83. The molecule has 21 heavy (non-hydrogen) atoms. The molecule has 1 heterocycles. The van der Waals surface area contributed by atoms with Gasteiger partial charge in [-0.1, -0.05) is 0 Å². The molecule has 0 amide bonds. The van der Waals surface area contributed by atoms with Gasteiger partial charge in [0.1, 0.15) is 10.7 Å². The van der Waals surface area contributed by atoms with Gasteiger partial charge in [0.2, 0.25) is 0 Å². The Morgan fingerprint density at radius 1 is 1.29 bits per heavy atom. The smallest absolute Gasteiger partial charge is 0.335 e. The van der Waals surface area contributed by atoms with Crippen LogP contribution >= 0.6 is 0 Å². The number of pyridine rings is 1. The van der Waals surface area contributed by atoms with Gasteiger partial charge in [-0.15, -0.1) is 0 Å². The van der Waals surface area contributed by atoms with Gasteiger partial charge in [0.15, 0.2) is 0 Å². The molecule has 0 unspecified atom stereocenters. The van der Waals surface area contributed by atoms with Gasteiger partial charge < -0.3 is 5.11 Å². The zero-order chi connectivity index (χ0) is 15.6. The molecule has 0 aliphatic rings. The normalized spacial score (nSPS) is 11.1. The van der Waals surface area contributed by atoms with Gasteiger partial charge in [-0.25, -0.2) is 17.6 Å². The average Bonchev–Trinajstić information content (AvgIpc) is 2.37. The predicted molar refractivity (Wildman–Crippen MR) is 73.1 cm³/mol. The van der Waals surface area contributed by atoms with Crippen LogP contribution in [0, 0.1) is 12.7 Å². The molecule has 110 valence electrons. The summed E-state index contributed by atoms with van der Waals surface area (Å²) < 4.78 is 40.2. The fraction of sp³-hybridized carbons (Fsp3) is 0.0769. The molecule has 0 saturated carbocycles. The third-order valence-corrected chi connectivity index (χ3v) is 4.01. The van der Waals surface area contributed by atoms with Crippen LogP contribution in [-0.2, 0) is 10.0 Å². The second-order valence-electron chi connectivity index (χ2n) is 4.31. The van der Waals surface area contributed by atoms with Gasteiger partial charge in [0.25, 0.3) is 10.0 Å². The second-order valence-corrected chi connectivity index (χ2v) is 5.96. The number of hydrogen-bond donors (Lipinski definition) is 2. The minimum Gasteiger partial charge on any atom is -0.478 e. The Bertz CT molecular complexity index is 806. The summed E-state index contributed by atoms with van der Waals surface area (Å²) in [5, 5.41) is 8.73. The summed E-state index contributed by atoms with van der Waals surface area (Å²) in [5.74, 6) is -2.48. The van der Waals surface area contributed by atoms with E-state index < -0.39 is 26.7 Å². The first-order chi connectivity index (χ1) is 9.79. The molecule has 1 aromatic carbocycles. The van der Waals surface area contributed by atoms with Gasteiger partial charge in [0.05, 0.1) is 17.4 Å². The Labute approximate surface area is 120 Å². The van der Waals surface area contributed by atoms with Crippen molar-refractivity contribution >= 4 is 21.7 Å². The van der Waals surface area contributed by atoms with Crippen molar-refractivity contribution in [3.8, 4) is 0 Å². The molecule has 2 N–H and O–H groups in total. The van der Waals surface area contributed by atoms with Crippen molar-refractivity contribution in [2.24, 2.45) is 0 Å². The number of carbonyl (C=O) groups is 1. The first-order valence-electron chi connectivity index (χ1n) is 5.77. The molecular formula is C13H11FN2O4S. The number of aromatic carboxylic acids is 1. The van der Waals surface area contributed by atoms with E-state index in [0.717, 1.165) is 17.7 Å². The lowest BCUT2D eigenvalue weighted by atomic mass is 10.2. The molecule has 0 aliphatic carbocycles. The maximum Gasteiger partial charge on any atom is 0.335 e. The van der Waals surface area contributed by atoms with E-state index in [1.54, 1.807) is 13.1 Å². The Morgan fingerprint density at radius 3 is 2.57 bits per heavy atom. The summed E-state index contributed by atoms with van der Waals surface area (Å²) in [7, 11) is -4.16. The van der Waals surface area contributed by atoms with Crippen LogP contribution in [0.15, 0.2) is 41.6 Å². The van der Waals surface area contributed by atoms with Crippen molar-refractivity contribution in [3.05, 3.63) is 53.6 Å². The number of carboxylic acids is 1. The number of nitrogens with zero attached hydrogens (tertiary/aromatic N) is 1. The molecule has 6 nitrogen and oxygen atoms in total. The Kier molecular flexibility index (Phi) is 3.90. The van der Waals surface area contributed by atoms with Crippen molar-refractivity contribution < 1.29 is 22.7 Å². The van der Waals surface area contributed by atoms with Crippen molar-refractivity contribution in [1.29, 1.82) is 0 Å². The molecule has 0 saturated heterocycles. The van der Waals surface area contributed by atoms with Gasteiger partial charge in [0, 0.05) is 6.20 Å². The summed E-state index contributed by atoms with van der Waals surface area (Å²) in [6.45, 7) is 1.73. The number of aromatic nitrogens is 1. The van der Waals surface area contributed by atoms with Crippen LogP contribution < -0.4 is 4.72 Å². The lowest BCUT2D eigenvalue weighted by Gasteiger charge is -2.09. The molecule has 0 atom stereocenters. The lowest BCUT2D eigenvalue weighted by molar-refractivity contribution is 0.0696. The second kappa shape index (κ2) is 5.49. The molecule has 0 bridgehead atoms. The summed E-state index contributed by atoms with van der Waals surface area (Å²) >= 11 is 0. The van der Waals surface area contributed by atoms with E-state index in [0.29, 0.717) is 6.07 Å². The van der Waals surface area contributed by atoms with Crippen molar-refractivity contribution in [3.63, 3.8) is 0 Å². The minimum absolute atomic E-state index is 0.191. The van der Waals surface area contributed by atoms with Gasteiger partial charge >= 0.3 is 5.97 Å². The molecule has 0 fully saturated rings. The fourth-order valence-corrected chi connectivity index (χ4v) is 2.77. The van der Waals surface area contributed by atoms with Gasteiger partial charge in [-0.2, -0.15) is 0 Å². The van der Waals surface area contributed by atoms with Gasteiger partial charge in [-0.3, -0.25) is 9.71 Å². The van der Waals surface area contributed by atoms with Crippen molar-refractivity contribution in [1.82, 2.24) is 4.98 Å². The van der Waals surface area contributed by atoms with E-state index in [2.05, 4.69) is 9.71 Å². The molecule has 0 spiro atoms. The number of hydrogen-bond acceptors (Lipinski definition) is 4. The number of sulfonamides is 1. The first kappa shape index (κ1) is 14.9. The fourth-order valence-electron chi connectivity index (χ4n) is 1.67. The Balaban J connectivity index is 2.38. The summed E-state index contributed by atoms with van der Waals surface area (Å²) in [4.78, 5) is 13.9. The molecule has 2 aromatic rings. The number of aryl methyl sites for hydroxylation is 1. The van der Waals surface area contributed by atoms with Crippen molar-refractivity contribution in [2.45, 2.75) is 11.8 Å². The van der Waals surface area contributed by atoms with E-state index in [1.807, 2.05) is 0 Å². The molecule has 8 heteroatoms. The quantitative estimate of drug-likeness (QED) is 0.900. The van der Waals surface area contributed by atoms with Crippen LogP contribution in [-0.4, -0.2) is 24.5 Å². The van der Waals surface area contributed by atoms with Crippen LogP contribution in [0.2, 0.25) is 0 Å². The van der Waals surface area contributed by atoms with Crippen LogP contribution in [0.1, 0.15) is 15.9 Å². The largest absolute Gasteiger partial charge is 0.478 e. The number of nitrogens with one attached hydrogen (secondary N) is 1. The highest BCUT2D eigenvalue weighted by molar-refractivity contribution is 7.92. The maximum atomic E-state index is 13.8. The zero-order valence-corrected chi connectivity index (χ0v) is 11.7. The molecule has 2 rings (SSSR count). The third-order valence-electron chi connectivity index (χ3n) is 2.60. The number of halogens is 1. The number of benzene rings is 1. The highest BCUT2D eigenvalue weighted by Crippen LogP contribution is 2.20. The highest BCUT2D eigenvalue weighted by Gasteiger charge is 2.20. The summed E-state index contributed by atoms with van der Waals surface area (Å²) in [5.41, 5.74) is 0.595. The van der Waals surface area contributed by atoms with Crippen LogP contribution in [0.3, 0.4) is 0 Å². The Morgan fingerprint density at radius 2 is 2.00 bits per heavy atom. The highest BCUT2D eigenvalue weighted by atomic mass is 32.2. The third kappa shape index (κ3) is 3.34. The van der Waals surface area contributed by atoms with Crippen LogP contribution in [0.25, 0.3) is 0 Å². The topological polar surface area (TPSA) is 96.4 Å². The zero-order valence-electron chi connectivity index (χ0n) is 10.9. The number of anilines is 1. The standard InChI is InChI=1S/C13H11FN2O4S/c1-8-4-10(7-15-6-8)16-21(19,20)12-3-2-9(13(17)18)5-11(12)14/h2-7,16H,1H3,(H,17,18). The summed E-state index contributed by atoms with van der Waals surface area (Å²) in [6, 6.07) is 4.12. The minimum atomic E-state index is -4.16. The van der Waals surface area contributed by atoms with E-state index in [4.69, 9.17) is 5.11 Å². The molecule has 0 radical (unpaired) electrons.